The van der Waals surface area contributed by atoms with E-state index in [1.807, 2.05) is 0 Å². The van der Waals surface area contributed by atoms with Crippen molar-refractivity contribution in [2.75, 3.05) is 0 Å². The van der Waals surface area contributed by atoms with Crippen molar-refractivity contribution in [3.05, 3.63) is 23.3 Å². The van der Waals surface area contributed by atoms with Gasteiger partial charge in [0.15, 0.2) is 0 Å². The number of carbonyl (C=O) groups is 2. The number of carboxylic acid groups (broad SMARTS) is 2. The van der Waals surface area contributed by atoms with Crippen LogP contribution in [0.5, 0.6) is 11.5 Å². The maximum atomic E-state index is 10.9. The van der Waals surface area contributed by atoms with Crippen molar-refractivity contribution in [1.29, 1.82) is 0 Å². The SMILES string of the molecule is O=C([O-])c1cc([O-])c(C(=O)[O-])cc1[O-].[Cu+2].[Cu+2].[OH3+].[OH3+]. The summed E-state index contributed by atoms with van der Waals surface area (Å²) in [6.45, 7) is 0. The number of carbonyl (C=O) groups excluding carboxylic acids is 2. The van der Waals surface area contributed by atoms with Crippen molar-refractivity contribution in [2.45, 2.75) is 0 Å². The number of hydrogen-bond donors (Lipinski definition) is 0. The van der Waals surface area contributed by atoms with Gasteiger partial charge in [0.25, 0.3) is 0 Å². The van der Waals surface area contributed by atoms with Gasteiger partial charge in [-0.15, -0.1) is 0 Å². The average Bonchev–Trinajstić information content (AvgIpc) is 2.07. The summed E-state index contributed by atoms with van der Waals surface area (Å²) in [5, 5.41) is 42.3. The molecule has 0 spiro atoms. The minimum absolute atomic E-state index is 0. The van der Waals surface area contributed by atoms with Gasteiger partial charge >= 0.3 is 34.1 Å². The molecular formula is C8H8Cu2O8+2. The van der Waals surface area contributed by atoms with Gasteiger partial charge in [0.1, 0.15) is 0 Å². The topological polar surface area (TPSA) is 192 Å². The van der Waals surface area contributed by atoms with E-state index >= 15 is 0 Å². The fourth-order valence-electron chi connectivity index (χ4n) is 0.879. The molecule has 1 aromatic rings. The standard InChI is InChI=1S/C8H6O6.2Cu.2H2O/c9-5-1-3(7(11)12)6(10)2-4(5)8(13)14;;;;/h1-2,9-10H,(H,11,12)(H,13,14);;;2*1H2/q;2*+2;;/p-2. The second-order valence-corrected chi connectivity index (χ2v) is 2.42. The third kappa shape index (κ3) is 5.37. The van der Waals surface area contributed by atoms with Gasteiger partial charge in [-0.2, -0.15) is 0 Å². The van der Waals surface area contributed by atoms with Gasteiger partial charge in [0.2, 0.25) is 0 Å². The zero-order valence-corrected chi connectivity index (χ0v) is 10.2. The molecule has 18 heavy (non-hydrogen) atoms. The van der Waals surface area contributed by atoms with Gasteiger partial charge in [0, 0.05) is 0 Å². The van der Waals surface area contributed by atoms with Crippen LogP contribution in [0.1, 0.15) is 20.7 Å². The molecule has 108 valence electrons. The Morgan fingerprint density at radius 3 is 1.17 bits per heavy atom. The quantitative estimate of drug-likeness (QED) is 0.374. The summed E-state index contributed by atoms with van der Waals surface area (Å²) in [6, 6.07) is 0.811. The van der Waals surface area contributed by atoms with Crippen LogP contribution in [0.25, 0.3) is 0 Å². The zero-order chi connectivity index (χ0) is 10.9. The van der Waals surface area contributed by atoms with Crippen LogP contribution in [-0.2, 0) is 45.1 Å². The summed E-state index contributed by atoms with van der Waals surface area (Å²) in [4.78, 5) is 20.5. The van der Waals surface area contributed by atoms with Crippen LogP contribution in [0.15, 0.2) is 12.1 Å². The summed E-state index contributed by atoms with van der Waals surface area (Å²) >= 11 is 0. The van der Waals surface area contributed by atoms with Crippen molar-refractivity contribution < 1.29 is 75.1 Å². The Morgan fingerprint density at radius 2 is 1.00 bits per heavy atom. The Labute approximate surface area is 122 Å². The van der Waals surface area contributed by atoms with Crippen LogP contribution < -0.4 is 20.4 Å². The summed E-state index contributed by atoms with van der Waals surface area (Å²) in [5.74, 6) is -5.83. The first-order chi connectivity index (χ1) is 6.43. The Hall–Kier alpha value is -1.28. The van der Waals surface area contributed by atoms with Crippen LogP contribution in [0.2, 0.25) is 0 Å². The molecule has 6 N–H and O–H groups in total. The summed E-state index contributed by atoms with van der Waals surface area (Å²) < 4.78 is 0. The predicted molar refractivity (Wildman–Crippen MR) is 43.7 cm³/mol. The Balaban J connectivity index is -0.000000245. The van der Waals surface area contributed by atoms with Crippen molar-refractivity contribution in [2.24, 2.45) is 0 Å². The molecule has 0 aromatic heterocycles. The van der Waals surface area contributed by atoms with Gasteiger partial charge in [-0.25, -0.2) is 0 Å². The first-order valence-electron chi connectivity index (χ1n) is 3.38. The number of benzene rings is 1. The first-order valence-corrected chi connectivity index (χ1v) is 3.38. The predicted octanol–water partition coefficient (Wildman–Crippen LogP) is -5.29. The monoisotopic (exact) mass is 358 g/mol. The smallest absolute Gasteiger partial charge is 0.872 e. The fourth-order valence-corrected chi connectivity index (χ4v) is 0.879. The van der Waals surface area contributed by atoms with E-state index in [2.05, 4.69) is 0 Å². The van der Waals surface area contributed by atoms with Crippen molar-refractivity contribution in [3.63, 3.8) is 0 Å². The molecule has 0 bridgehead atoms. The maximum absolute atomic E-state index is 10.9. The van der Waals surface area contributed by atoms with Crippen LogP contribution >= 0.6 is 0 Å². The molecule has 0 saturated carbocycles. The van der Waals surface area contributed by atoms with Crippen LogP contribution in [0, 0.1) is 0 Å². The molecule has 0 fully saturated rings. The molecule has 0 aliphatic rings. The average molecular weight is 359 g/mol. The van der Waals surface area contributed by atoms with Gasteiger partial charge in [-0.1, -0.05) is 23.6 Å². The van der Waals surface area contributed by atoms with Crippen LogP contribution in [-0.4, -0.2) is 11.9 Å². The van der Waals surface area contributed by atoms with Crippen molar-refractivity contribution in [3.8, 4) is 11.5 Å². The zero-order valence-electron chi connectivity index (χ0n) is 8.36. The largest absolute Gasteiger partial charge is 2.00 e. The minimum Gasteiger partial charge on any atom is -0.872 e. The number of hydrogen-bond acceptors (Lipinski definition) is 6. The molecule has 2 radical (unpaired) electrons. The molecular weight excluding hydrogens is 351 g/mol. The first kappa shape index (κ1) is 25.5. The molecule has 0 aliphatic carbocycles. The molecule has 1 rings (SSSR count). The van der Waals surface area contributed by atoms with Crippen molar-refractivity contribution >= 4 is 11.9 Å². The molecule has 0 aliphatic heterocycles. The van der Waals surface area contributed by atoms with Gasteiger partial charge in [-0.05, 0) is 11.1 Å². The molecule has 1 aromatic carbocycles. The summed E-state index contributed by atoms with van der Waals surface area (Å²) in [7, 11) is 0. The summed E-state index contributed by atoms with van der Waals surface area (Å²) in [6.07, 6.45) is 0. The van der Waals surface area contributed by atoms with Gasteiger partial charge < -0.3 is 41.0 Å². The number of rotatable bonds is 2. The van der Waals surface area contributed by atoms with E-state index in [4.69, 9.17) is 0 Å². The minimum atomic E-state index is -1.82. The van der Waals surface area contributed by atoms with Crippen LogP contribution in [0.4, 0.5) is 0 Å². The Morgan fingerprint density at radius 1 is 0.778 bits per heavy atom. The Kier molecular flexibility index (Phi) is 13.8. The fraction of sp³-hybridized carbons (Fsp3) is 0. The normalized spacial score (nSPS) is 7.56. The molecule has 0 amide bonds. The Bertz CT molecular complexity index is 380. The van der Waals surface area contributed by atoms with E-state index in [1.165, 1.54) is 0 Å². The summed E-state index contributed by atoms with van der Waals surface area (Å²) in [5.41, 5.74) is -1.72. The number of aromatic carboxylic acids is 2. The molecule has 10 heteroatoms. The van der Waals surface area contributed by atoms with E-state index in [-0.39, 0.29) is 45.1 Å². The van der Waals surface area contributed by atoms with Gasteiger partial charge in [-0.3, -0.25) is 0 Å². The second kappa shape index (κ2) is 9.72. The second-order valence-electron chi connectivity index (χ2n) is 2.42. The third-order valence-electron chi connectivity index (χ3n) is 1.52. The van der Waals surface area contributed by atoms with Crippen molar-refractivity contribution in [1.82, 2.24) is 0 Å². The maximum Gasteiger partial charge on any atom is 2.00 e. The molecule has 0 saturated heterocycles. The van der Waals surface area contributed by atoms with Crippen LogP contribution in [0.3, 0.4) is 0 Å². The molecule has 0 atom stereocenters. The van der Waals surface area contributed by atoms with E-state index in [0.29, 0.717) is 12.1 Å². The van der Waals surface area contributed by atoms with E-state index in [9.17, 15) is 30.0 Å². The van der Waals surface area contributed by atoms with E-state index < -0.39 is 34.6 Å². The molecule has 0 unspecified atom stereocenters. The van der Waals surface area contributed by atoms with E-state index in [1.54, 1.807) is 0 Å². The molecule has 0 heterocycles. The third-order valence-corrected chi connectivity index (χ3v) is 1.52. The molecule has 8 nitrogen and oxygen atoms in total. The van der Waals surface area contributed by atoms with Gasteiger partial charge in [0.05, 0.1) is 11.9 Å². The van der Waals surface area contributed by atoms with E-state index in [0.717, 1.165) is 0 Å². The number of carboxylic acids is 2.